The Morgan fingerprint density at radius 2 is 1.62 bits per heavy atom. The van der Waals surface area contributed by atoms with Crippen LogP contribution in [0.2, 0.25) is 0 Å². The molecule has 5 N–H and O–H groups in total. The van der Waals surface area contributed by atoms with Crippen LogP contribution in [0.5, 0.6) is 0 Å². The van der Waals surface area contributed by atoms with Crippen molar-refractivity contribution < 1.29 is 37.4 Å². The molecule has 0 aliphatic heterocycles. The molecule has 0 rings (SSSR count). The van der Waals surface area contributed by atoms with Crippen LogP contribution >= 0.6 is 0 Å². The fourth-order valence-electron chi connectivity index (χ4n) is 1.70. The molecule has 24 heavy (non-hydrogen) atoms. The van der Waals surface area contributed by atoms with Gasteiger partial charge in [0.25, 0.3) is 5.91 Å². The number of aliphatic hydroxyl groups excluding tert-OH is 1. The van der Waals surface area contributed by atoms with Crippen molar-refractivity contribution in [2.45, 2.75) is 44.4 Å². The molecule has 8 nitrogen and oxygen atoms in total. The zero-order valence-electron chi connectivity index (χ0n) is 13.0. The third-order valence-corrected chi connectivity index (χ3v) is 2.87. The van der Waals surface area contributed by atoms with Gasteiger partial charge in [0, 0.05) is 19.7 Å². The van der Waals surface area contributed by atoms with Gasteiger partial charge in [0.1, 0.15) is 0 Å². The van der Waals surface area contributed by atoms with E-state index in [4.69, 9.17) is 10.8 Å². The van der Waals surface area contributed by atoms with E-state index in [-0.39, 0.29) is 39.0 Å². The van der Waals surface area contributed by atoms with Crippen LogP contribution in [0.4, 0.5) is 18.0 Å². The number of halogens is 3. The molecule has 0 aromatic heterocycles. The van der Waals surface area contributed by atoms with Gasteiger partial charge >= 0.3 is 18.2 Å². The first-order chi connectivity index (χ1) is 11.2. The van der Waals surface area contributed by atoms with Crippen molar-refractivity contribution in [2.75, 3.05) is 19.7 Å². The molecule has 11 heteroatoms. The second kappa shape index (κ2) is 11.5. The third-order valence-electron chi connectivity index (χ3n) is 2.87. The van der Waals surface area contributed by atoms with Gasteiger partial charge in [-0.25, -0.2) is 4.79 Å². The van der Waals surface area contributed by atoms with Crippen LogP contribution in [0.3, 0.4) is 0 Å². The number of hydrogen-bond donors (Lipinski definition) is 4. The molecule has 0 saturated heterocycles. The topological polar surface area (TPSA) is 131 Å². The Labute approximate surface area is 136 Å². The summed E-state index contributed by atoms with van der Waals surface area (Å²) in [4.78, 5) is 33.2. The molecule has 0 heterocycles. The molecule has 0 fully saturated rings. The summed E-state index contributed by atoms with van der Waals surface area (Å²) in [5, 5.41) is 12.8. The van der Waals surface area contributed by atoms with Gasteiger partial charge in [0.2, 0.25) is 0 Å². The van der Waals surface area contributed by atoms with E-state index in [1.54, 1.807) is 5.32 Å². The lowest BCUT2D eigenvalue weighted by Crippen LogP contribution is -2.39. The Hall–Kier alpha value is -2.04. The van der Waals surface area contributed by atoms with Crippen molar-refractivity contribution in [3.63, 3.8) is 0 Å². The van der Waals surface area contributed by atoms with E-state index in [0.29, 0.717) is 12.8 Å². The number of nitrogens with one attached hydrogen (secondary N) is 2. The maximum Gasteiger partial charge on any atom is 0.471 e. The van der Waals surface area contributed by atoms with E-state index >= 15 is 0 Å². The fourth-order valence-corrected chi connectivity index (χ4v) is 1.70. The average molecular weight is 357 g/mol. The Morgan fingerprint density at radius 1 is 1.04 bits per heavy atom. The minimum atomic E-state index is -4.94. The first-order valence-corrected chi connectivity index (χ1v) is 7.38. The fraction of sp³-hybridized carbons (Fsp3) is 0.769. The molecule has 140 valence electrons. The minimum absolute atomic E-state index is 0.0132. The predicted octanol–water partition coefficient (Wildman–Crippen LogP) is 0.188. The predicted molar refractivity (Wildman–Crippen MR) is 76.7 cm³/mol. The van der Waals surface area contributed by atoms with Crippen LogP contribution in [-0.2, 0) is 14.3 Å². The Kier molecular flexibility index (Phi) is 10.5. The normalized spacial score (nSPS) is 12.3. The number of amides is 3. The molecule has 0 aliphatic rings. The minimum Gasteiger partial charge on any atom is -0.436 e. The number of aliphatic hydroxyl groups is 1. The van der Waals surface area contributed by atoms with Crippen molar-refractivity contribution >= 4 is 17.9 Å². The van der Waals surface area contributed by atoms with Crippen LogP contribution in [-0.4, -0.2) is 55.0 Å². The lowest BCUT2D eigenvalue weighted by molar-refractivity contribution is -0.173. The van der Waals surface area contributed by atoms with Crippen LogP contribution < -0.4 is 16.4 Å². The third kappa shape index (κ3) is 10.6. The molecule has 1 atom stereocenters. The number of nitrogens with two attached hydrogens (primary N) is 1. The Bertz CT molecular complexity index is 418. The number of unbranched alkanes of at least 4 members (excludes halogenated alkanes) is 2. The van der Waals surface area contributed by atoms with Crippen LogP contribution in [0, 0.1) is 0 Å². The van der Waals surface area contributed by atoms with Crippen molar-refractivity contribution in [3.8, 4) is 0 Å². The van der Waals surface area contributed by atoms with E-state index < -0.39 is 30.2 Å². The molecule has 0 bridgehead atoms. The summed E-state index contributed by atoms with van der Waals surface area (Å²) in [6, 6.07) is 0. The highest BCUT2D eigenvalue weighted by atomic mass is 19.4. The van der Waals surface area contributed by atoms with Crippen molar-refractivity contribution in [3.05, 3.63) is 0 Å². The zero-order valence-corrected chi connectivity index (χ0v) is 13.0. The molecular weight excluding hydrogens is 335 g/mol. The summed E-state index contributed by atoms with van der Waals surface area (Å²) in [7, 11) is 0. The molecule has 0 radical (unpaired) electrons. The van der Waals surface area contributed by atoms with Crippen molar-refractivity contribution in [2.24, 2.45) is 5.73 Å². The number of carbonyl (C=O) groups excluding carboxylic acids is 3. The molecule has 0 saturated carbocycles. The molecule has 1 unspecified atom stereocenters. The molecule has 0 aromatic rings. The second-order valence-corrected chi connectivity index (χ2v) is 4.90. The van der Waals surface area contributed by atoms with E-state index in [1.165, 1.54) is 0 Å². The van der Waals surface area contributed by atoms with Gasteiger partial charge in [-0.2, -0.15) is 13.2 Å². The summed E-state index contributed by atoms with van der Waals surface area (Å²) in [5.41, 5.74) is 4.87. The van der Waals surface area contributed by atoms with Gasteiger partial charge in [0.15, 0.2) is 6.10 Å². The summed E-state index contributed by atoms with van der Waals surface area (Å²) in [5.74, 6) is -2.61. The van der Waals surface area contributed by atoms with Gasteiger partial charge in [-0.1, -0.05) is 0 Å². The standard InChI is InChI=1S/C13H22F3N3O5/c14-13(15,16)11(22)19-7-2-1-5-9(24-12(17)23)10(21)18-6-3-4-8-20/h9,20H,1-8H2,(H2,17,23)(H,18,21)(H,19,22). The quantitative estimate of drug-likeness (QED) is 0.392. The van der Waals surface area contributed by atoms with Gasteiger partial charge < -0.3 is 26.2 Å². The maximum atomic E-state index is 12.0. The largest absolute Gasteiger partial charge is 0.471 e. The van der Waals surface area contributed by atoms with Crippen LogP contribution in [0.15, 0.2) is 0 Å². The number of ether oxygens (including phenoxy) is 1. The Morgan fingerprint density at radius 3 is 2.17 bits per heavy atom. The first-order valence-electron chi connectivity index (χ1n) is 7.38. The maximum absolute atomic E-state index is 12.0. The van der Waals surface area contributed by atoms with E-state index in [9.17, 15) is 27.6 Å². The lowest BCUT2D eigenvalue weighted by Gasteiger charge is -2.16. The van der Waals surface area contributed by atoms with E-state index in [1.807, 2.05) is 0 Å². The molecule has 0 aromatic carbocycles. The average Bonchev–Trinajstić information content (AvgIpc) is 2.48. The zero-order chi connectivity index (χ0) is 18.6. The number of hydrogen-bond acceptors (Lipinski definition) is 5. The second-order valence-electron chi connectivity index (χ2n) is 4.90. The summed E-state index contributed by atoms with van der Waals surface area (Å²) in [6.45, 7) is 0.0418. The van der Waals surface area contributed by atoms with Crippen LogP contribution in [0.25, 0.3) is 0 Å². The highest BCUT2D eigenvalue weighted by Crippen LogP contribution is 2.14. The number of primary amides is 1. The number of carbonyl (C=O) groups is 3. The Balaban J connectivity index is 4.13. The van der Waals surface area contributed by atoms with Gasteiger partial charge in [-0.15, -0.1) is 0 Å². The first kappa shape index (κ1) is 22.0. The van der Waals surface area contributed by atoms with Gasteiger partial charge in [0.05, 0.1) is 0 Å². The molecule has 3 amide bonds. The highest BCUT2D eigenvalue weighted by Gasteiger charge is 2.38. The van der Waals surface area contributed by atoms with Crippen molar-refractivity contribution in [1.82, 2.24) is 10.6 Å². The lowest BCUT2D eigenvalue weighted by atomic mass is 10.1. The van der Waals surface area contributed by atoms with Gasteiger partial charge in [-0.3, -0.25) is 9.59 Å². The van der Waals surface area contributed by atoms with E-state index in [2.05, 4.69) is 10.1 Å². The number of alkyl halides is 3. The molecule has 0 spiro atoms. The number of rotatable bonds is 11. The molecule has 0 aliphatic carbocycles. The SMILES string of the molecule is NC(=O)OC(CCCCNC(=O)C(F)(F)F)C(=O)NCCCCO. The van der Waals surface area contributed by atoms with Crippen molar-refractivity contribution in [1.29, 1.82) is 0 Å². The van der Waals surface area contributed by atoms with Crippen LogP contribution in [0.1, 0.15) is 32.1 Å². The molecular formula is C13H22F3N3O5. The highest BCUT2D eigenvalue weighted by molar-refractivity contribution is 5.83. The summed E-state index contributed by atoms with van der Waals surface area (Å²) < 4.78 is 40.5. The van der Waals surface area contributed by atoms with E-state index in [0.717, 1.165) is 0 Å². The smallest absolute Gasteiger partial charge is 0.436 e. The van der Waals surface area contributed by atoms with Gasteiger partial charge in [-0.05, 0) is 32.1 Å². The monoisotopic (exact) mass is 357 g/mol. The summed E-state index contributed by atoms with van der Waals surface area (Å²) >= 11 is 0. The summed E-state index contributed by atoms with van der Waals surface area (Å²) in [6.07, 6.45) is -5.75.